The molecule has 0 spiro atoms. The maximum absolute atomic E-state index is 11.5. The molecule has 78 valence electrons. The average molecular weight is 196 g/mol. The molecule has 0 aromatic rings. The van der Waals surface area contributed by atoms with Crippen molar-refractivity contribution in [1.82, 2.24) is 0 Å². The van der Waals surface area contributed by atoms with Gasteiger partial charge < -0.3 is 9.84 Å². The molecule has 3 nitrogen and oxygen atoms in total. The second-order valence-electron chi connectivity index (χ2n) is 5.12. The summed E-state index contributed by atoms with van der Waals surface area (Å²) in [5.41, 5.74) is 0.209. The summed E-state index contributed by atoms with van der Waals surface area (Å²) in [5.74, 6) is 0.538. The number of aliphatic hydroxyl groups is 1. The minimum absolute atomic E-state index is 0.0127. The van der Waals surface area contributed by atoms with Crippen molar-refractivity contribution < 1.29 is 14.6 Å². The fraction of sp³-hybridized carbons (Fsp3) is 0.909. The fourth-order valence-electron chi connectivity index (χ4n) is 4.04. The summed E-state index contributed by atoms with van der Waals surface area (Å²) in [5, 5.41) is 9.87. The lowest BCUT2D eigenvalue weighted by Gasteiger charge is -2.34. The summed E-state index contributed by atoms with van der Waals surface area (Å²) in [6.45, 7) is 2.76. The molecule has 3 fully saturated rings. The zero-order chi connectivity index (χ0) is 9.92. The Balaban J connectivity index is 2.00. The second kappa shape index (κ2) is 2.51. The predicted molar refractivity (Wildman–Crippen MR) is 49.4 cm³/mol. The Morgan fingerprint density at radius 2 is 2.36 bits per heavy atom. The number of hydrogen-bond acceptors (Lipinski definition) is 3. The van der Waals surface area contributed by atoms with Crippen LogP contribution in [0.25, 0.3) is 0 Å². The molecular formula is C11H16O3. The SMILES string of the molecule is CCC12CC(O)C(C1)C1C(=O)OCC12. The van der Waals surface area contributed by atoms with E-state index in [2.05, 4.69) is 6.92 Å². The lowest BCUT2D eigenvalue weighted by molar-refractivity contribution is -0.143. The van der Waals surface area contributed by atoms with Gasteiger partial charge in [-0.15, -0.1) is 0 Å². The fourth-order valence-corrected chi connectivity index (χ4v) is 4.04. The van der Waals surface area contributed by atoms with E-state index in [9.17, 15) is 9.90 Å². The molecule has 3 aliphatic rings. The molecule has 1 N–H and O–H groups in total. The van der Waals surface area contributed by atoms with Crippen LogP contribution in [0.5, 0.6) is 0 Å². The first-order valence-electron chi connectivity index (χ1n) is 5.52. The number of cyclic esters (lactones) is 1. The molecule has 3 heteroatoms. The third-order valence-corrected chi connectivity index (χ3v) is 4.81. The van der Waals surface area contributed by atoms with E-state index < -0.39 is 0 Å². The van der Waals surface area contributed by atoms with Crippen molar-refractivity contribution >= 4 is 5.97 Å². The van der Waals surface area contributed by atoms with Crippen LogP contribution in [0.15, 0.2) is 0 Å². The van der Waals surface area contributed by atoms with Crippen LogP contribution in [-0.4, -0.2) is 23.8 Å². The molecule has 1 aliphatic heterocycles. The third kappa shape index (κ3) is 0.800. The number of rotatable bonds is 1. The minimum Gasteiger partial charge on any atom is -0.465 e. The van der Waals surface area contributed by atoms with E-state index in [1.165, 1.54) is 0 Å². The lowest BCUT2D eigenvalue weighted by Crippen LogP contribution is -2.37. The maximum atomic E-state index is 11.5. The molecule has 14 heavy (non-hydrogen) atoms. The Morgan fingerprint density at radius 3 is 3.07 bits per heavy atom. The molecule has 2 aliphatic carbocycles. The number of carbonyl (C=O) groups excluding carboxylic acids is 1. The summed E-state index contributed by atoms with van der Waals surface area (Å²) in [7, 11) is 0. The van der Waals surface area contributed by atoms with E-state index in [1.807, 2.05) is 0 Å². The number of esters is 1. The molecule has 5 atom stereocenters. The first kappa shape index (κ1) is 8.72. The molecule has 0 radical (unpaired) electrons. The lowest BCUT2D eigenvalue weighted by atomic mass is 9.69. The van der Waals surface area contributed by atoms with Crippen LogP contribution < -0.4 is 0 Å². The maximum Gasteiger partial charge on any atom is 0.309 e. The molecule has 3 rings (SSSR count). The number of fused-ring (bicyclic) bond motifs is 5. The third-order valence-electron chi connectivity index (χ3n) is 4.81. The molecule has 0 amide bonds. The van der Waals surface area contributed by atoms with Crippen molar-refractivity contribution in [3.63, 3.8) is 0 Å². The van der Waals surface area contributed by atoms with Gasteiger partial charge in [0.15, 0.2) is 0 Å². The van der Waals surface area contributed by atoms with Crippen LogP contribution >= 0.6 is 0 Å². The van der Waals surface area contributed by atoms with E-state index in [4.69, 9.17) is 4.74 Å². The smallest absolute Gasteiger partial charge is 0.309 e. The summed E-state index contributed by atoms with van der Waals surface area (Å²) in [4.78, 5) is 11.5. The molecule has 0 aromatic carbocycles. The van der Waals surface area contributed by atoms with Gasteiger partial charge in [-0.2, -0.15) is 0 Å². The van der Waals surface area contributed by atoms with Gasteiger partial charge in [0.1, 0.15) is 0 Å². The van der Waals surface area contributed by atoms with Crippen LogP contribution in [0.4, 0.5) is 0 Å². The topological polar surface area (TPSA) is 46.5 Å². The summed E-state index contributed by atoms with van der Waals surface area (Å²) in [6, 6.07) is 0. The summed E-state index contributed by atoms with van der Waals surface area (Å²) < 4.78 is 5.13. The zero-order valence-electron chi connectivity index (χ0n) is 8.40. The van der Waals surface area contributed by atoms with Crippen LogP contribution in [-0.2, 0) is 9.53 Å². The van der Waals surface area contributed by atoms with Gasteiger partial charge in [-0.1, -0.05) is 6.92 Å². The quantitative estimate of drug-likeness (QED) is 0.635. The highest BCUT2D eigenvalue weighted by Gasteiger charge is 2.65. The number of ether oxygens (including phenoxy) is 1. The van der Waals surface area contributed by atoms with Gasteiger partial charge >= 0.3 is 5.97 Å². The second-order valence-corrected chi connectivity index (χ2v) is 5.12. The first-order chi connectivity index (χ1) is 6.68. The van der Waals surface area contributed by atoms with Crippen molar-refractivity contribution in [3.05, 3.63) is 0 Å². The van der Waals surface area contributed by atoms with Crippen LogP contribution in [0.3, 0.4) is 0 Å². The molecule has 0 aromatic heterocycles. The van der Waals surface area contributed by atoms with E-state index in [1.54, 1.807) is 0 Å². The predicted octanol–water partition coefficient (Wildman–Crippen LogP) is 0.956. The molecular weight excluding hydrogens is 180 g/mol. The van der Waals surface area contributed by atoms with Crippen LogP contribution in [0.1, 0.15) is 26.2 Å². The Hall–Kier alpha value is -0.570. The Labute approximate surface area is 83.4 Å². The van der Waals surface area contributed by atoms with E-state index in [-0.39, 0.29) is 29.3 Å². The van der Waals surface area contributed by atoms with Gasteiger partial charge in [0.05, 0.1) is 18.6 Å². The molecule has 1 heterocycles. The monoisotopic (exact) mass is 196 g/mol. The van der Waals surface area contributed by atoms with Gasteiger partial charge in [0, 0.05) is 5.92 Å². The summed E-state index contributed by atoms with van der Waals surface area (Å²) >= 11 is 0. The Kier molecular flexibility index (Phi) is 1.56. The highest BCUT2D eigenvalue weighted by atomic mass is 16.5. The molecule has 2 bridgehead atoms. The van der Waals surface area contributed by atoms with E-state index >= 15 is 0 Å². The average Bonchev–Trinajstić information content (AvgIpc) is 2.77. The molecule has 1 saturated heterocycles. The van der Waals surface area contributed by atoms with Crippen LogP contribution in [0.2, 0.25) is 0 Å². The Bertz CT molecular complexity index is 288. The van der Waals surface area contributed by atoms with E-state index in [0.717, 1.165) is 19.3 Å². The van der Waals surface area contributed by atoms with Gasteiger partial charge in [-0.25, -0.2) is 0 Å². The van der Waals surface area contributed by atoms with E-state index in [0.29, 0.717) is 12.5 Å². The van der Waals surface area contributed by atoms with Crippen molar-refractivity contribution in [3.8, 4) is 0 Å². The van der Waals surface area contributed by atoms with Gasteiger partial charge in [-0.3, -0.25) is 4.79 Å². The first-order valence-corrected chi connectivity index (χ1v) is 5.52. The van der Waals surface area contributed by atoms with Crippen LogP contribution in [0, 0.1) is 23.2 Å². The highest BCUT2D eigenvalue weighted by molar-refractivity contribution is 5.76. The van der Waals surface area contributed by atoms with Gasteiger partial charge in [0.25, 0.3) is 0 Å². The molecule has 2 saturated carbocycles. The Morgan fingerprint density at radius 1 is 1.57 bits per heavy atom. The normalized spacial score (nSPS) is 54.9. The van der Waals surface area contributed by atoms with Crippen molar-refractivity contribution in [2.45, 2.75) is 32.3 Å². The molecule has 5 unspecified atom stereocenters. The number of carbonyl (C=O) groups is 1. The van der Waals surface area contributed by atoms with Crippen molar-refractivity contribution in [2.75, 3.05) is 6.61 Å². The zero-order valence-corrected chi connectivity index (χ0v) is 8.40. The standard InChI is InChI=1S/C11H16O3/c1-2-11-3-6(8(12)4-11)9-7(11)5-14-10(9)13/h6-9,12H,2-5H2,1H3. The number of hydrogen-bond donors (Lipinski definition) is 1. The number of aliphatic hydroxyl groups excluding tert-OH is 1. The van der Waals surface area contributed by atoms with Crippen molar-refractivity contribution in [1.29, 1.82) is 0 Å². The highest BCUT2D eigenvalue weighted by Crippen LogP contribution is 2.64. The van der Waals surface area contributed by atoms with Gasteiger partial charge in [0.2, 0.25) is 0 Å². The van der Waals surface area contributed by atoms with Crippen molar-refractivity contribution in [2.24, 2.45) is 23.2 Å². The minimum atomic E-state index is -0.262. The summed E-state index contributed by atoms with van der Waals surface area (Å²) in [6.07, 6.45) is 2.72. The van der Waals surface area contributed by atoms with Gasteiger partial charge in [-0.05, 0) is 30.6 Å². The largest absolute Gasteiger partial charge is 0.465 e.